The normalized spacial score (nSPS) is 12.6. The van der Waals surface area contributed by atoms with Crippen molar-refractivity contribution in [2.75, 3.05) is 6.54 Å². The monoisotopic (exact) mass is 419 g/mol. The number of rotatable bonds is 7. The van der Waals surface area contributed by atoms with Gasteiger partial charge in [0.15, 0.2) is 0 Å². The van der Waals surface area contributed by atoms with Crippen LogP contribution in [0.1, 0.15) is 98.3 Å². The number of carbonyl (C=O) groups is 2. The fourth-order valence-corrected chi connectivity index (χ4v) is 3.01. The lowest BCUT2D eigenvalue weighted by atomic mass is 9.79. The molecule has 0 heterocycles. The number of nitrogens with zero attached hydrogens (tertiary/aromatic N) is 1. The van der Waals surface area contributed by atoms with Crippen LogP contribution in [-0.2, 0) is 26.9 Å². The number of aliphatic carboxylic acids is 1. The number of carboxylic acid groups (broad SMARTS) is 1. The van der Waals surface area contributed by atoms with Gasteiger partial charge in [0.1, 0.15) is 5.60 Å². The maximum Gasteiger partial charge on any atom is 0.410 e. The first-order valence-corrected chi connectivity index (χ1v) is 10.8. The molecular formula is C25H41NO4. The van der Waals surface area contributed by atoms with Gasteiger partial charge < -0.3 is 14.7 Å². The van der Waals surface area contributed by atoms with E-state index >= 15 is 0 Å². The average molecular weight is 420 g/mol. The van der Waals surface area contributed by atoms with Crippen LogP contribution in [-0.4, -0.2) is 34.2 Å². The smallest absolute Gasteiger partial charge is 0.410 e. The van der Waals surface area contributed by atoms with E-state index < -0.39 is 11.6 Å². The van der Waals surface area contributed by atoms with Gasteiger partial charge in [0, 0.05) is 19.5 Å². The molecule has 0 aromatic heterocycles. The zero-order chi connectivity index (χ0) is 23.3. The lowest BCUT2D eigenvalue weighted by Gasteiger charge is -2.30. The molecule has 0 aliphatic heterocycles. The SMILES string of the molecule is CC(C)(C)OC(=O)N(CCCCC(=O)O)Cc1cc(C(C)(C)C)cc(C(C)(C)C)c1. The second-order valence-corrected chi connectivity index (χ2v) is 11.2. The third-order valence-electron chi connectivity index (χ3n) is 4.82. The van der Waals surface area contributed by atoms with E-state index in [9.17, 15) is 9.59 Å². The predicted molar refractivity (Wildman–Crippen MR) is 122 cm³/mol. The Morgan fingerprint density at radius 1 is 0.867 bits per heavy atom. The van der Waals surface area contributed by atoms with Gasteiger partial charge in [-0.3, -0.25) is 4.79 Å². The molecule has 0 fully saturated rings. The van der Waals surface area contributed by atoms with Crippen LogP contribution in [0.4, 0.5) is 4.79 Å². The number of carbonyl (C=O) groups excluding carboxylic acids is 1. The molecular weight excluding hydrogens is 378 g/mol. The Labute approximate surface area is 182 Å². The third kappa shape index (κ3) is 9.19. The number of unbranched alkanes of at least 4 members (excludes halogenated alkanes) is 1. The summed E-state index contributed by atoms with van der Waals surface area (Å²) in [7, 11) is 0. The molecule has 0 aliphatic carbocycles. The van der Waals surface area contributed by atoms with Gasteiger partial charge in [0.05, 0.1) is 0 Å². The average Bonchev–Trinajstić information content (AvgIpc) is 2.53. The molecule has 1 N–H and O–H groups in total. The van der Waals surface area contributed by atoms with E-state index in [2.05, 4.69) is 59.7 Å². The summed E-state index contributed by atoms with van der Waals surface area (Å²) in [6, 6.07) is 6.60. The van der Waals surface area contributed by atoms with Gasteiger partial charge in [0.25, 0.3) is 0 Å². The van der Waals surface area contributed by atoms with Crippen molar-refractivity contribution < 1.29 is 19.4 Å². The molecule has 0 atom stereocenters. The summed E-state index contributed by atoms with van der Waals surface area (Å²) in [4.78, 5) is 25.4. The minimum absolute atomic E-state index is 0.00571. The highest BCUT2D eigenvalue weighted by atomic mass is 16.6. The lowest BCUT2D eigenvalue weighted by molar-refractivity contribution is -0.137. The molecule has 0 saturated carbocycles. The van der Waals surface area contributed by atoms with Crippen LogP contribution in [0.3, 0.4) is 0 Å². The van der Waals surface area contributed by atoms with Crippen molar-refractivity contribution in [3.05, 3.63) is 34.9 Å². The summed E-state index contributed by atoms with van der Waals surface area (Å²) < 4.78 is 5.62. The van der Waals surface area contributed by atoms with Crippen LogP contribution >= 0.6 is 0 Å². The lowest BCUT2D eigenvalue weighted by Crippen LogP contribution is -2.37. The highest BCUT2D eigenvalue weighted by Crippen LogP contribution is 2.31. The Balaban J connectivity index is 3.19. The number of hydrogen-bond donors (Lipinski definition) is 1. The molecule has 5 nitrogen and oxygen atoms in total. The molecule has 0 unspecified atom stereocenters. The highest BCUT2D eigenvalue weighted by molar-refractivity contribution is 5.68. The molecule has 30 heavy (non-hydrogen) atoms. The van der Waals surface area contributed by atoms with Gasteiger partial charge in [-0.15, -0.1) is 0 Å². The topological polar surface area (TPSA) is 66.8 Å². The Morgan fingerprint density at radius 2 is 1.37 bits per heavy atom. The van der Waals surface area contributed by atoms with Gasteiger partial charge >= 0.3 is 12.1 Å². The van der Waals surface area contributed by atoms with E-state index in [0.717, 1.165) is 5.56 Å². The fraction of sp³-hybridized carbons (Fsp3) is 0.680. The van der Waals surface area contributed by atoms with Gasteiger partial charge in [0.2, 0.25) is 0 Å². The standard InChI is InChI=1S/C25H41NO4/c1-23(2,3)19-14-18(15-20(16-19)24(4,5)6)17-26(13-11-10-12-21(27)28)22(29)30-25(7,8)9/h14-16H,10-13,17H2,1-9H3,(H,27,28). The number of hydrogen-bond acceptors (Lipinski definition) is 3. The first-order chi connectivity index (χ1) is 13.5. The van der Waals surface area contributed by atoms with E-state index in [1.807, 2.05) is 20.8 Å². The molecule has 0 aliphatic rings. The molecule has 5 heteroatoms. The van der Waals surface area contributed by atoms with Crippen LogP contribution in [0.5, 0.6) is 0 Å². The van der Waals surface area contributed by atoms with E-state index in [-0.39, 0.29) is 23.3 Å². The van der Waals surface area contributed by atoms with Crippen molar-refractivity contribution in [3.8, 4) is 0 Å². The summed E-state index contributed by atoms with van der Waals surface area (Å²) in [6.45, 7) is 19.6. The first kappa shape index (κ1) is 26.0. The number of ether oxygens (including phenoxy) is 1. The molecule has 0 spiro atoms. The van der Waals surface area contributed by atoms with E-state index in [1.54, 1.807) is 4.90 Å². The van der Waals surface area contributed by atoms with Crippen molar-refractivity contribution in [1.29, 1.82) is 0 Å². The van der Waals surface area contributed by atoms with Gasteiger partial charge in [-0.25, -0.2) is 4.79 Å². The maximum absolute atomic E-state index is 12.8. The Bertz CT molecular complexity index is 701. The summed E-state index contributed by atoms with van der Waals surface area (Å²) in [6.07, 6.45) is 0.896. The molecule has 170 valence electrons. The molecule has 1 aromatic rings. The molecule has 0 saturated heterocycles. The van der Waals surface area contributed by atoms with E-state index in [0.29, 0.717) is 25.9 Å². The maximum atomic E-state index is 12.8. The molecule has 0 radical (unpaired) electrons. The summed E-state index contributed by atoms with van der Waals surface area (Å²) in [5, 5.41) is 8.88. The second-order valence-electron chi connectivity index (χ2n) is 11.2. The zero-order valence-electron chi connectivity index (χ0n) is 20.4. The van der Waals surface area contributed by atoms with Crippen LogP contribution in [0.25, 0.3) is 0 Å². The summed E-state index contributed by atoms with van der Waals surface area (Å²) in [5.41, 5.74) is 2.94. The Morgan fingerprint density at radius 3 is 1.77 bits per heavy atom. The molecule has 1 amide bonds. The summed E-state index contributed by atoms with van der Waals surface area (Å²) >= 11 is 0. The minimum Gasteiger partial charge on any atom is -0.481 e. The van der Waals surface area contributed by atoms with Gasteiger partial charge in [-0.1, -0.05) is 59.7 Å². The van der Waals surface area contributed by atoms with Gasteiger partial charge in [-0.05, 0) is 61.1 Å². The first-order valence-electron chi connectivity index (χ1n) is 10.8. The van der Waals surface area contributed by atoms with Crippen molar-refractivity contribution >= 4 is 12.1 Å². The Kier molecular flexibility index (Phi) is 8.53. The van der Waals surface area contributed by atoms with Crippen molar-refractivity contribution in [3.63, 3.8) is 0 Å². The highest BCUT2D eigenvalue weighted by Gasteiger charge is 2.25. The van der Waals surface area contributed by atoms with Crippen LogP contribution in [0.2, 0.25) is 0 Å². The number of benzene rings is 1. The predicted octanol–water partition coefficient (Wildman–Crippen LogP) is 6.27. The van der Waals surface area contributed by atoms with Crippen molar-refractivity contribution in [1.82, 2.24) is 4.90 Å². The Hall–Kier alpha value is -2.04. The minimum atomic E-state index is -0.813. The van der Waals surface area contributed by atoms with Crippen LogP contribution in [0.15, 0.2) is 18.2 Å². The van der Waals surface area contributed by atoms with E-state index in [1.165, 1.54) is 11.1 Å². The molecule has 1 aromatic carbocycles. The van der Waals surface area contributed by atoms with Crippen molar-refractivity contribution in [2.45, 2.75) is 105 Å². The number of carboxylic acids is 1. The van der Waals surface area contributed by atoms with Crippen LogP contribution < -0.4 is 0 Å². The van der Waals surface area contributed by atoms with Crippen molar-refractivity contribution in [2.24, 2.45) is 0 Å². The largest absolute Gasteiger partial charge is 0.481 e. The summed E-state index contributed by atoms with van der Waals surface area (Å²) in [5.74, 6) is -0.813. The fourth-order valence-electron chi connectivity index (χ4n) is 3.01. The van der Waals surface area contributed by atoms with Crippen LogP contribution in [0, 0.1) is 0 Å². The molecule has 0 bridgehead atoms. The molecule has 1 rings (SSSR count). The zero-order valence-corrected chi connectivity index (χ0v) is 20.4. The van der Waals surface area contributed by atoms with E-state index in [4.69, 9.17) is 9.84 Å². The second kappa shape index (κ2) is 9.84. The number of amides is 1. The quantitative estimate of drug-likeness (QED) is 0.529. The third-order valence-corrected chi connectivity index (χ3v) is 4.82. The van der Waals surface area contributed by atoms with Gasteiger partial charge in [-0.2, -0.15) is 0 Å².